The Bertz CT molecular complexity index is 539. The Hall–Kier alpha value is -1.96. The molecule has 116 valence electrons. The van der Waals surface area contributed by atoms with Gasteiger partial charge in [0.15, 0.2) is 0 Å². The number of rotatable bonds is 7. The third kappa shape index (κ3) is 4.82. The molecule has 1 rings (SSSR count). The van der Waals surface area contributed by atoms with Crippen LogP contribution < -0.4 is 4.74 Å². The number of halogens is 3. The van der Waals surface area contributed by atoms with E-state index < -0.39 is 23.9 Å². The number of carbonyl (C=O) groups is 1. The largest absolute Gasteiger partial charge is 0.466 e. The molecular formula is C12H12ClF2NO5. The van der Waals surface area contributed by atoms with E-state index in [0.29, 0.717) is 0 Å². The molecular weight excluding hydrogens is 312 g/mol. The molecule has 0 unspecified atom stereocenters. The summed E-state index contributed by atoms with van der Waals surface area (Å²) in [6, 6.07) is 2.03. The van der Waals surface area contributed by atoms with E-state index >= 15 is 0 Å². The van der Waals surface area contributed by atoms with Crippen LogP contribution >= 0.6 is 11.6 Å². The highest BCUT2D eigenvalue weighted by molar-refractivity contribution is 6.17. The van der Waals surface area contributed by atoms with Crippen LogP contribution in [0.2, 0.25) is 0 Å². The van der Waals surface area contributed by atoms with Crippen molar-refractivity contribution < 1.29 is 28.0 Å². The van der Waals surface area contributed by atoms with Crippen molar-refractivity contribution in [1.29, 1.82) is 0 Å². The van der Waals surface area contributed by atoms with E-state index in [4.69, 9.17) is 11.6 Å². The van der Waals surface area contributed by atoms with E-state index in [0.717, 1.165) is 12.1 Å². The van der Waals surface area contributed by atoms with Gasteiger partial charge in [0.25, 0.3) is 5.69 Å². The van der Waals surface area contributed by atoms with E-state index in [1.165, 1.54) is 0 Å². The number of hydrogen-bond acceptors (Lipinski definition) is 5. The van der Waals surface area contributed by atoms with Gasteiger partial charge < -0.3 is 9.47 Å². The molecule has 0 saturated heterocycles. The molecule has 0 fully saturated rings. The van der Waals surface area contributed by atoms with Crippen LogP contribution in [0.1, 0.15) is 18.1 Å². The normalized spacial score (nSPS) is 10.5. The van der Waals surface area contributed by atoms with E-state index in [1.807, 2.05) is 0 Å². The molecule has 0 radical (unpaired) electrons. The summed E-state index contributed by atoms with van der Waals surface area (Å²) in [6.45, 7) is -1.45. The number of ether oxygens (including phenoxy) is 2. The molecule has 1 aromatic carbocycles. The summed E-state index contributed by atoms with van der Waals surface area (Å²) in [7, 11) is 0. The Morgan fingerprint density at radius 3 is 2.57 bits per heavy atom. The summed E-state index contributed by atoms with van der Waals surface area (Å²) in [5.41, 5.74) is -0.412. The Balaban J connectivity index is 3.25. The fourth-order valence-corrected chi connectivity index (χ4v) is 1.86. The van der Waals surface area contributed by atoms with Gasteiger partial charge in [-0.15, -0.1) is 11.6 Å². The summed E-state index contributed by atoms with van der Waals surface area (Å²) in [5.74, 6) is -1.29. The lowest BCUT2D eigenvalue weighted by Crippen LogP contribution is -2.12. The molecule has 0 N–H and O–H groups in total. The van der Waals surface area contributed by atoms with Crippen LogP contribution in [0.3, 0.4) is 0 Å². The van der Waals surface area contributed by atoms with Gasteiger partial charge in [0.2, 0.25) is 0 Å². The molecule has 0 aliphatic heterocycles. The van der Waals surface area contributed by atoms with Gasteiger partial charge in [-0.2, -0.15) is 8.78 Å². The first-order valence-corrected chi connectivity index (χ1v) is 6.39. The third-order valence-corrected chi connectivity index (χ3v) is 2.75. The summed E-state index contributed by atoms with van der Waals surface area (Å²) in [5, 5.41) is 10.9. The molecule has 0 aliphatic carbocycles. The maximum absolute atomic E-state index is 12.4. The maximum atomic E-state index is 12.4. The van der Waals surface area contributed by atoms with Crippen LogP contribution in [0.4, 0.5) is 14.5 Å². The fourth-order valence-electron chi connectivity index (χ4n) is 1.64. The standard InChI is InChI=1S/C12H12ClF2NO5/c1-2-20-11(17)5-7-3-9(16(18)19)8(6-13)4-10(7)21-12(14)15/h3-4,12H,2,5-6H2,1H3. The predicted molar refractivity (Wildman–Crippen MR) is 69.6 cm³/mol. The molecule has 0 amide bonds. The number of nitro benzene ring substituents is 1. The van der Waals surface area contributed by atoms with Crippen LogP contribution in [0.15, 0.2) is 12.1 Å². The summed E-state index contributed by atoms with van der Waals surface area (Å²) in [4.78, 5) is 21.6. The quantitative estimate of drug-likeness (QED) is 0.333. The zero-order chi connectivity index (χ0) is 16.0. The molecule has 1 aromatic rings. The van der Waals surface area contributed by atoms with Gasteiger partial charge in [0.05, 0.1) is 23.8 Å². The number of nitrogens with zero attached hydrogens (tertiary/aromatic N) is 1. The molecule has 0 heterocycles. The first-order chi connectivity index (χ1) is 9.88. The van der Waals surface area contributed by atoms with Crippen molar-refractivity contribution in [3.8, 4) is 5.75 Å². The lowest BCUT2D eigenvalue weighted by molar-refractivity contribution is -0.385. The van der Waals surface area contributed by atoms with Gasteiger partial charge in [-0.25, -0.2) is 0 Å². The first-order valence-electron chi connectivity index (χ1n) is 5.85. The second-order valence-corrected chi connectivity index (χ2v) is 4.11. The molecule has 6 nitrogen and oxygen atoms in total. The SMILES string of the molecule is CCOC(=O)Cc1cc([N+](=O)[O-])c(CCl)cc1OC(F)F. The van der Waals surface area contributed by atoms with Crippen LogP contribution in [0.5, 0.6) is 5.75 Å². The van der Waals surface area contributed by atoms with Crippen LogP contribution in [0, 0.1) is 10.1 Å². The van der Waals surface area contributed by atoms with Crippen molar-refractivity contribution in [1.82, 2.24) is 0 Å². The highest BCUT2D eigenvalue weighted by atomic mass is 35.5. The Labute approximate surface area is 123 Å². The summed E-state index contributed by atoms with van der Waals surface area (Å²) in [6.07, 6.45) is -0.417. The number of benzene rings is 1. The number of carbonyl (C=O) groups excluding carboxylic acids is 1. The van der Waals surface area contributed by atoms with Crippen molar-refractivity contribution in [2.24, 2.45) is 0 Å². The number of esters is 1. The number of hydrogen-bond donors (Lipinski definition) is 0. The first kappa shape index (κ1) is 17.1. The van der Waals surface area contributed by atoms with Crippen molar-refractivity contribution >= 4 is 23.3 Å². The molecule has 0 atom stereocenters. The fraction of sp³-hybridized carbons (Fsp3) is 0.417. The summed E-state index contributed by atoms with van der Waals surface area (Å²) >= 11 is 5.55. The van der Waals surface area contributed by atoms with Crippen molar-refractivity contribution in [3.63, 3.8) is 0 Å². The van der Waals surface area contributed by atoms with Gasteiger partial charge in [-0.05, 0) is 13.0 Å². The van der Waals surface area contributed by atoms with E-state index in [2.05, 4.69) is 9.47 Å². The number of nitro groups is 1. The van der Waals surface area contributed by atoms with Gasteiger partial charge in [0, 0.05) is 17.2 Å². The zero-order valence-electron chi connectivity index (χ0n) is 11.0. The van der Waals surface area contributed by atoms with E-state index in [9.17, 15) is 23.7 Å². The summed E-state index contributed by atoms with van der Waals surface area (Å²) < 4.78 is 33.7. The molecule has 9 heteroatoms. The highest BCUT2D eigenvalue weighted by Gasteiger charge is 2.22. The van der Waals surface area contributed by atoms with Crippen LogP contribution in [0.25, 0.3) is 0 Å². The Morgan fingerprint density at radius 2 is 2.10 bits per heavy atom. The molecule has 0 bridgehead atoms. The molecule has 0 aromatic heterocycles. The molecule has 0 saturated carbocycles. The Morgan fingerprint density at radius 1 is 1.43 bits per heavy atom. The van der Waals surface area contributed by atoms with Crippen molar-refractivity contribution in [2.45, 2.75) is 25.8 Å². The predicted octanol–water partition coefficient (Wildman–Crippen LogP) is 3.04. The third-order valence-electron chi connectivity index (χ3n) is 2.46. The Kier molecular flexibility index (Phi) is 6.29. The number of alkyl halides is 3. The van der Waals surface area contributed by atoms with Crippen molar-refractivity contribution in [2.75, 3.05) is 6.61 Å². The van der Waals surface area contributed by atoms with Gasteiger partial charge in [-0.3, -0.25) is 14.9 Å². The van der Waals surface area contributed by atoms with Crippen LogP contribution in [-0.4, -0.2) is 24.1 Å². The van der Waals surface area contributed by atoms with E-state index in [1.54, 1.807) is 6.92 Å². The maximum Gasteiger partial charge on any atom is 0.387 e. The minimum atomic E-state index is -3.13. The minimum Gasteiger partial charge on any atom is -0.466 e. The monoisotopic (exact) mass is 323 g/mol. The van der Waals surface area contributed by atoms with E-state index in [-0.39, 0.29) is 35.1 Å². The molecule has 0 spiro atoms. The molecule has 21 heavy (non-hydrogen) atoms. The second kappa shape index (κ2) is 7.72. The lowest BCUT2D eigenvalue weighted by Gasteiger charge is -2.12. The second-order valence-electron chi connectivity index (χ2n) is 3.84. The van der Waals surface area contributed by atoms with Crippen molar-refractivity contribution in [3.05, 3.63) is 33.4 Å². The molecule has 0 aliphatic rings. The average molecular weight is 324 g/mol. The van der Waals surface area contributed by atoms with Gasteiger partial charge in [-0.1, -0.05) is 0 Å². The highest BCUT2D eigenvalue weighted by Crippen LogP contribution is 2.31. The lowest BCUT2D eigenvalue weighted by atomic mass is 10.1. The minimum absolute atomic E-state index is 0.0184. The van der Waals surface area contributed by atoms with Crippen LogP contribution in [-0.2, 0) is 21.8 Å². The zero-order valence-corrected chi connectivity index (χ0v) is 11.7. The smallest absolute Gasteiger partial charge is 0.387 e. The topological polar surface area (TPSA) is 78.7 Å². The van der Waals surface area contributed by atoms with Gasteiger partial charge in [0.1, 0.15) is 5.75 Å². The van der Waals surface area contributed by atoms with Gasteiger partial charge >= 0.3 is 12.6 Å². The average Bonchev–Trinajstić information content (AvgIpc) is 2.39.